The van der Waals surface area contributed by atoms with Crippen molar-refractivity contribution in [3.8, 4) is 5.88 Å². The van der Waals surface area contributed by atoms with E-state index in [1.54, 1.807) is 0 Å². The second-order valence-electron chi connectivity index (χ2n) is 2.25. The lowest BCUT2D eigenvalue weighted by molar-refractivity contribution is -0.137. The van der Waals surface area contributed by atoms with Crippen LogP contribution in [-0.4, -0.2) is 16.2 Å². The highest BCUT2D eigenvalue weighted by molar-refractivity contribution is 5.60. The van der Waals surface area contributed by atoms with Gasteiger partial charge in [-0.1, -0.05) is 0 Å². The molecule has 0 radical (unpaired) electrons. The van der Waals surface area contributed by atoms with E-state index in [-0.39, 0.29) is 0 Å². The van der Waals surface area contributed by atoms with Gasteiger partial charge in [0.05, 0.1) is 5.56 Å². The first-order valence-corrected chi connectivity index (χ1v) is 3.33. The third kappa shape index (κ3) is 2.61. The first-order chi connectivity index (χ1) is 6.39. The van der Waals surface area contributed by atoms with Gasteiger partial charge in [0, 0.05) is 12.3 Å². The highest BCUT2D eigenvalue weighted by atomic mass is 19.4. The fourth-order valence-corrected chi connectivity index (χ4v) is 0.698. The number of nitrogens with zero attached hydrogens (tertiary/aromatic N) is 1. The monoisotopic (exact) mass is 207 g/mol. The van der Waals surface area contributed by atoms with Gasteiger partial charge in [0.15, 0.2) is 0 Å². The lowest BCUT2D eigenvalue weighted by atomic mass is 10.3. The Hall–Kier alpha value is -1.79. The van der Waals surface area contributed by atoms with Crippen molar-refractivity contribution in [2.45, 2.75) is 6.18 Å². The van der Waals surface area contributed by atoms with Gasteiger partial charge in [-0.15, -0.1) is 0 Å². The molecule has 7 heteroatoms. The van der Waals surface area contributed by atoms with Crippen molar-refractivity contribution in [3.63, 3.8) is 0 Å². The summed E-state index contributed by atoms with van der Waals surface area (Å²) in [6.45, 7) is 0. The first kappa shape index (κ1) is 10.3. The van der Waals surface area contributed by atoms with Crippen LogP contribution in [0.2, 0.25) is 0 Å². The SMILES string of the molecule is O=C(O)Oc1ccc(C(F)(F)F)cn1. The van der Waals surface area contributed by atoms with E-state index in [9.17, 15) is 18.0 Å². The van der Waals surface area contributed by atoms with Crippen LogP contribution in [0.3, 0.4) is 0 Å². The number of carboxylic acid groups (broad SMARTS) is 1. The fourth-order valence-electron chi connectivity index (χ4n) is 0.698. The average molecular weight is 207 g/mol. The predicted molar refractivity (Wildman–Crippen MR) is 37.9 cm³/mol. The summed E-state index contributed by atoms with van der Waals surface area (Å²) in [6, 6.07) is 1.52. The maximum absolute atomic E-state index is 12.0. The molecule has 76 valence electrons. The Morgan fingerprint density at radius 1 is 1.43 bits per heavy atom. The van der Waals surface area contributed by atoms with Crippen molar-refractivity contribution in [2.24, 2.45) is 0 Å². The molecule has 1 N–H and O–H groups in total. The molecule has 0 atom stereocenters. The van der Waals surface area contributed by atoms with Crippen molar-refractivity contribution in [2.75, 3.05) is 0 Å². The van der Waals surface area contributed by atoms with E-state index >= 15 is 0 Å². The molecule has 0 unspecified atom stereocenters. The van der Waals surface area contributed by atoms with Crippen molar-refractivity contribution >= 4 is 6.16 Å². The number of halogens is 3. The van der Waals surface area contributed by atoms with Gasteiger partial charge in [-0.2, -0.15) is 13.2 Å². The number of pyridine rings is 1. The van der Waals surface area contributed by atoms with E-state index in [0.717, 1.165) is 6.07 Å². The molecule has 0 fully saturated rings. The minimum atomic E-state index is -4.49. The van der Waals surface area contributed by atoms with Gasteiger partial charge in [-0.25, -0.2) is 9.78 Å². The molecule has 1 aromatic rings. The third-order valence-electron chi connectivity index (χ3n) is 1.26. The summed E-state index contributed by atoms with van der Waals surface area (Å²) in [5.74, 6) is -0.398. The molecule has 0 aromatic carbocycles. The Kier molecular flexibility index (Phi) is 2.59. The van der Waals surface area contributed by atoms with Crippen molar-refractivity contribution in [1.82, 2.24) is 4.98 Å². The van der Waals surface area contributed by atoms with E-state index in [2.05, 4.69) is 9.72 Å². The van der Waals surface area contributed by atoms with E-state index in [1.807, 2.05) is 0 Å². The average Bonchev–Trinajstić information content (AvgIpc) is 2.02. The van der Waals surface area contributed by atoms with Crippen LogP contribution in [0, 0.1) is 0 Å². The summed E-state index contributed by atoms with van der Waals surface area (Å²) < 4.78 is 40.0. The molecule has 0 aliphatic rings. The Morgan fingerprint density at radius 2 is 2.07 bits per heavy atom. The second-order valence-corrected chi connectivity index (χ2v) is 2.25. The number of aromatic nitrogens is 1. The number of alkyl halides is 3. The summed E-state index contributed by atoms with van der Waals surface area (Å²) in [7, 11) is 0. The van der Waals surface area contributed by atoms with Crippen LogP contribution in [-0.2, 0) is 6.18 Å². The summed E-state index contributed by atoms with van der Waals surface area (Å²) >= 11 is 0. The van der Waals surface area contributed by atoms with Gasteiger partial charge in [0.1, 0.15) is 0 Å². The van der Waals surface area contributed by atoms with Gasteiger partial charge in [0.2, 0.25) is 5.88 Å². The molecule has 0 saturated heterocycles. The van der Waals surface area contributed by atoms with Gasteiger partial charge >= 0.3 is 12.3 Å². The van der Waals surface area contributed by atoms with Crippen molar-refractivity contribution in [1.29, 1.82) is 0 Å². The molecular weight excluding hydrogens is 203 g/mol. The minimum Gasteiger partial charge on any atom is -0.449 e. The zero-order chi connectivity index (χ0) is 10.8. The van der Waals surface area contributed by atoms with Crippen LogP contribution in [0.1, 0.15) is 5.56 Å². The molecule has 1 aromatic heterocycles. The quantitative estimate of drug-likeness (QED) is 0.716. The Bertz CT molecular complexity index is 333. The van der Waals surface area contributed by atoms with Crippen LogP contribution in [0.5, 0.6) is 5.88 Å². The van der Waals surface area contributed by atoms with Gasteiger partial charge < -0.3 is 9.84 Å². The maximum atomic E-state index is 12.0. The van der Waals surface area contributed by atoms with Gasteiger partial charge in [-0.3, -0.25) is 0 Å². The number of rotatable bonds is 1. The molecule has 1 rings (SSSR count). The number of carbonyl (C=O) groups is 1. The van der Waals surface area contributed by atoms with Crippen LogP contribution in [0.25, 0.3) is 0 Å². The number of hydrogen-bond acceptors (Lipinski definition) is 3. The highest BCUT2D eigenvalue weighted by Crippen LogP contribution is 2.29. The molecule has 0 aliphatic heterocycles. The van der Waals surface area contributed by atoms with E-state index in [1.165, 1.54) is 0 Å². The molecule has 0 amide bonds. The Balaban J connectivity index is 2.84. The summed E-state index contributed by atoms with van der Waals surface area (Å²) in [6.07, 6.45) is -5.62. The molecule has 0 saturated carbocycles. The highest BCUT2D eigenvalue weighted by Gasteiger charge is 2.30. The van der Waals surface area contributed by atoms with E-state index < -0.39 is 23.8 Å². The predicted octanol–water partition coefficient (Wildman–Crippen LogP) is 2.16. The summed E-state index contributed by atoms with van der Waals surface area (Å²) in [4.78, 5) is 13.1. The molecule has 4 nitrogen and oxygen atoms in total. The van der Waals surface area contributed by atoms with Crippen LogP contribution >= 0.6 is 0 Å². The lowest BCUT2D eigenvalue weighted by Gasteiger charge is -2.05. The first-order valence-electron chi connectivity index (χ1n) is 3.33. The smallest absolute Gasteiger partial charge is 0.449 e. The topological polar surface area (TPSA) is 59.4 Å². The van der Waals surface area contributed by atoms with Crippen LogP contribution < -0.4 is 4.74 Å². The lowest BCUT2D eigenvalue weighted by Crippen LogP contribution is -2.07. The zero-order valence-corrected chi connectivity index (χ0v) is 6.58. The van der Waals surface area contributed by atoms with Crippen molar-refractivity contribution < 1.29 is 27.8 Å². The summed E-state index contributed by atoms with van der Waals surface area (Å²) in [5.41, 5.74) is -0.963. The molecule has 14 heavy (non-hydrogen) atoms. The molecule has 1 heterocycles. The zero-order valence-electron chi connectivity index (χ0n) is 6.58. The van der Waals surface area contributed by atoms with Crippen molar-refractivity contribution in [3.05, 3.63) is 23.9 Å². The van der Waals surface area contributed by atoms with E-state index in [0.29, 0.717) is 12.3 Å². The van der Waals surface area contributed by atoms with E-state index in [4.69, 9.17) is 5.11 Å². The van der Waals surface area contributed by atoms with Crippen LogP contribution in [0.15, 0.2) is 18.3 Å². The fraction of sp³-hybridized carbons (Fsp3) is 0.143. The minimum absolute atomic E-state index is 0.398. The second kappa shape index (κ2) is 3.52. The summed E-state index contributed by atoms with van der Waals surface area (Å²) in [5, 5.41) is 8.11. The standard InChI is InChI=1S/C7H4F3NO3/c8-7(9,10)4-1-2-5(11-3-4)14-6(12)13/h1-3H,(H,12,13). The molecular formula is C7H4F3NO3. The third-order valence-corrected chi connectivity index (χ3v) is 1.26. The van der Waals surface area contributed by atoms with Gasteiger partial charge in [0.25, 0.3) is 0 Å². The Labute approximate surface area is 75.9 Å². The van der Waals surface area contributed by atoms with Gasteiger partial charge in [-0.05, 0) is 6.07 Å². The molecule has 0 spiro atoms. The number of ether oxygens (including phenoxy) is 1. The Morgan fingerprint density at radius 3 is 2.43 bits per heavy atom. The van der Waals surface area contributed by atoms with Crippen LogP contribution in [0.4, 0.5) is 18.0 Å². The number of hydrogen-bond donors (Lipinski definition) is 1. The largest absolute Gasteiger partial charge is 0.512 e. The molecule has 0 bridgehead atoms. The normalized spacial score (nSPS) is 11.1. The maximum Gasteiger partial charge on any atom is 0.512 e. The molecule has 0 aliphatic carbocycles.